The van der Waals surface area contributed by atoms with Gasteiger partial charge in [0.1, 0.15) is 5.60 Å². The van der Waals surface area contributed by atoms with Gasteiger partial charge < -0.3 is 19.0 Å². The molecule has 8 heteroatoms. The Balaban J connectivity index is 2.51. The van der Waals surface area contributed by atoms with E-state index in [-0.39, 0.29) is 30.6 Å². The first-order chi connectivity index (χ1) is 13.1. The maximum absolute atomic E-state index is 12.6. The van der Waals surface area contributed by atoms with Crippen molar-refractivity contribution in [3.05, 3.63) is 17.7 Å². The van der Waals surface area contributed by atoms with Crippen molar-refractivity contribution in [3.8, 4) is 11.5 Å². The van der Waals surface area contributed by atoms with Gasteiger partial charge in [0.25, 0.3) is 5.91 Å². The molecule has 154 valence electrons. The van der Waals surface area contributed by atoms with Crippen LogP contribution in [0.2, 0.25) is 0 Å². The first kappa shape index (κ1) is 21.5. The molecule has 0 bridgehead atoms. The normalized spacial score (nSPS) is 16.7. The second-order valence-corrected chi connectivity index (χ2v) is 7.56. The van der Waals surface area contributed by atoms with Gasteiger partial charge in [0, 0.05) is 19.4 Å². The lowest BCUT2D eigenvalue weighted by atomic mass is 9.90. The van der Waals surface area contributed by atoms with Crippen LogP contribution in [0.25, 0.3) is 0 Å². The number of hydrogen-bond donors (Lipinski definition) is 0. The van der Waals surface area contributed by atoms with E-state index < -0.39 is 11.6 Å². The summed E-state index contributed by atoms with van der Waals surface area (Å²) in [5.41, 5.74) is 0.390. The highest BCUT2D eigenvalue weighted by Gasteiger charge is 2.34. The molecule has 0 saturated heterocycles. The number of hydroxylamine groups is 1. The van der Waals surface area contributed by atoms with Crippen molar-refractivity contribution < 1.29 is 33.4 Å². The van der Waals surface area contributed by atoms with E-state index in [9.17, 15) is 14.4 Å². The third kappa shape index (κ3) is 5.15. The van der Waals surface area contributed by atoms with Crippen LogP contribution >= 0.6 is 0 Å². The molecule has 0 radical (unpaired) electrons. The Bertz CT molecular complexity index is 767. The summed E-state index contributed by atoms with van der Waals surface area (Å²) < 4.78 is 16.1. The monoisotopic (exact) mass is 393 g/mol. The Hall–Kier alpha value is -2.77. The highest BCUT2D eigenvalue weighted by Crippen LogP contribution is 2.43. The van der Waals surface area contributed by atoms with E-state index in [0.29, 0.717) is 29.2 Å². The standard InChI is InChI=1S/C20H27NO7/c1-12(22)28-21-15-11-17(26-6)16(25-5)10-14(15)13(7-8-18(21)23)9-19(24)27-20(2,3)4/h10-11,13H,7-9H2,1-6H3. The van der Waals surface area contributed by atoms with Crippen molar-refractivity contribution in [1.82, 2.24) is 0 Å². The molecule has 1 aliphatic heterocycles. The van der Waals surface area contributed by atoms with Gasteiger partial charge in [-0.05, 0) is 44.7 Å². The Labute approximate surface area is 164 Å². The predicted octanol–water partition coefficient (Wildman–Crippen LogP) is 3.12. The second-order valence-electron chi connectivity index (χ2n) is 7.56. The molecule has 0 N–H and O–H groups in total. The quantitative estimate of drug-likeness (QED) is 0.710. The fourth-order valence-electron chi connectivity index (χ4n) is 3.10. The third-order valence-corrected chi connectivity index (χ3v) is 4.18. The molecule has 1 aromatic rings. The molecule has 1 aromatic carbocycles. The molecule has 1 heterocycles. The zero-order valence-corrected chi connectivity index (χ0v) is 17.2. The Morgan fingerprint density at radius 1 is 1.14 bits per heavy atom. The van der Waals surface area contributed by atoms with Gasteiger partial charge in [0.05, 0.1) is 26.3 Å². The third-order valence-electron chi connectivity index (χ3n) is 4.18. The number of amides is 1. The molecular formula is C20H27NO7. The number of nitrogens with zero attached hydrogens (tertiary/aromatic N) is 1. The number of carbonyl (C=O) groups excluding carboxylic acids is 3. The van der Waals surface area contributed by atoms with Gasteiger partial charge in [0.15, 0.2) is 11.5 Å². The lowest BCUT2D eigenvalue weighted by Crippen LogP contribution is -2.32. The molecule has 0 spiro atoms. The summed E-state index contributed by atoms with van der Waals surface area (Å²) in [5.74, 6) is -0.854. The number of fused-ring (bicyclic) bond motifs is 1. The molecule has 1 aliphatic rings. The van der Waals surface area contributed by atoms with Gasteiger partial charge in [-0.2, -0.15) is 0 Å². The minimum absolute atomic E-state index is 0.0843. The van der Waals surface area contributed by atoms with Crippen molar-refractivity contribution in [2.75, 3.05) is 19.3 Å². The van der Waals surface area contributed by atoms with E-state index in [1.165, 1.54) is 21.1 Å². The predicted molar refractivity (Wildman–Crippen MR) is 101 cm³/mol. The van der Waals surface area contributed by atoms with Crippen LogP contribution < -0.4 is 14.5 Å². The first-order valence-corrected chi connectivity index (χ1v) is 9.05. The molecule has 1 amide bonds. The summed E-state index contributed by atoms with van der Waals surface area (Å²) >= 11 is 0. The van der Waals surface area contributed by atoms with Gasteiger partial charge >= 0.3 is 11.9 Å². The van der Waals surface area contributed by atoms with Gasteiger partial charge in [-0.1, -0.05) is 0 Å². The average molecular weight is 393 g/mol. The van der Waals surface area contributed by atoms with Crippen LogP contribution in [0.1, 0.15) is 58.4 Å². The second kappa shape index (κ2) is 8.50. The van der Waals surface area contributed by atoms with Crippen molar-refractivity contribution in [2.45, 2.75) is 58.5 Å². The highest BCUT2D eigenvalue weighted by atomic mass is 16.7. The molecular weight excluding hydrogens is 366 g/mol. The van der Waals surface area contributed by atoms with Crippen molar-refractivity contribution in [2.24, 2.45) is 0 Å². The molecule has 1 unspecified atom stereocenters. The summed E-state index contributed by atoms with van der Waals surface area (Å²) in [7, 11) is 2.97. The molecule has 0 aromatic heterocycles. The summed E-state index contributed by atoms with van der Waals surface area (Å²) in [4.78, 5) is 41.7. The topological polar surface area (TPSA) is 91.4 Å². The number of esters is 1. The number of benzene rings is 1. The Morgan fingerprint density at radius 2 is 1.75 bits per heavy atom. The number of methoxy groups -OCH3 is 2. The maximum atomic E-state index is 12.6. The van der Waals surface area contributed by atoms with E-state index in [1.54, 1.807) is 32.9 Å². The van der Waals surface area contributed by atoms with Gasteiger partial charge in [-0.25, -0.2) is 4.79 Å². The molecule has 2 rings (SSSR count). The van der Waals surface area contributed by atoms with Crippen LogP contribution in [0.5, 0.6) is 11.5 Å². The van der Waals surface area contributed by atoms with Crippen molar-refractivity contribution in [1.29, 1.82) is 0 Å². The fourth-order valence-corrected chi connectivity index (χ4v) is 3.10. The summed E-state index contributed by atoms with van der Waals surface area (Å²) in [6.07, 6.45) is 0.597. The zero-order chi connectivity index (χ0) is 21.1. The number of carbonyl (C=O) groups is 3. The zero-order valence-electron chi connectivity index (χ0n) is 17.2. The largest absolute Gasteiger partial charge is 0.493 e. The SMILES string of the molecule is COc1cc2c(cc1OC)N(OC(C)=O)C(=O)CCC2CC(=O)OC(C)(C)C. The average Bonchev–Trinajstić information content (AvgIpc) is 2.70. The first-order valence-electron chi connectivity index (χ1n) is 9.05. The molecule has 0 fully saturated rings. The van der Waals surface area contributed by atoms with Crippen LogP contribution in [0, 0.1) is 0 Å². The number of hydrogen-bond acceptors (Lipinski definition) is 7. The van der Waals surface area contributed by atoms with E-state index >= 15 is 0 Å². The van der Waals surface area contributed by atoms with Crippen LogP contribution in [-0.4, -0.2) is 37.7 Å². The van der Waals surface area contributed by atoms with Gasteiger partial charge in [-0.15, -0.1) is 5.06 Å². The minimum atomic E-state index is -0.625. The van der Waals surface area contributed by atoms with E-state index in [1.807, 2.05) is 0 Å². The summed E-state index contributed by atoms with van der Waals surface area (Å²) in [5, 5.41) is 0.967. The Kier molecular flexibility index (Phi) is 6.53. The van der Waals surface area contributed by atoms with E-state index in [0.717, 1.165) is 5.06 Å². The van der Waals surface area contributed by atoms with E-state index in [4.69, 9.17) is 19.0 Å². The smallest absolute Gasteiger partial charge is 0.330 e. The maximum Gasteiger partial charge on any atom is 0.330 e. The Morgan fingerprint density at radius 3 is 2.29 bits per heavy atom. The minimum Gasteiger partial charge on any atom is -0.493 e. The van der Waals surface area contributed by atoms with Crippen LogP contribution in [0.3, 0.4) is 0 Å². The number of anilines is 1. The molecule has 1 atom stereocenters. The summed E-state index contributed by atoms with van der Waals surface area (Å²) in [6.45, 7) is 6.61. The number of ether oxygens (including phenoxy) is 3. The molecule has 8 nitrogen and oxygen atoms in total. The van der Waals surface area contributed by atoms with Crippen molar-refractivity contribution >= 4 is 23.5 Å². The van der Waals surface area contributed by atoms with Crippen LogP contribution in [0.15, 0.2) is 12.1 Å². The van der Waals surface area contributed by atoms with Crippen LogP contribution in [0.4, 0.5) is 5.69 Å². The fraction of sp³-hybridized carbons (Fsp3) is 0.550. The van der Waals surface area contributed by atoms with Gasteiger partial charge in [0.2, 0.25) is 0 Å². The molecule has 0 aliphatic carbocycles. The van der Waals surface area contributed by atoms with E-state index in [2.05, 4.69) is 0 Å². The highest BCUT2D eigenvalue weighted by molar-refractivity contribution is 5.95. The summed E-state index contributed by atoms with van der Waals surface area (Å²) in [6, 6.07) is 3.28. The lowest BCUT2D eigenvalue weighted by Gasteiger charge is -2.25. The lowest BCUT2D eigenvalue weighted by molar-refractivity contribution is -0.155. The molecule has 28 heavy (non-hydrogen) atoms. The van der Waals surface area contributed by atoms with Crippen molar-refractivity contribution in [3.63, 3.8) is 0 Å². The molecule has 0 saturated carbocycles. The van der Waals surface area contributed by atoms with Crippen LogP contribution in [-0.2, 0) is 24.0 Å². The number of rotatable bonds is 5. The van der Waals surface area contributed by atoms with Gasteiger partial charge in [-0.3, -0.25) is 9.59 Å².